The minimum absolute atomic E-state index is 0.00273. The van der Waals surface area contributed by atoms with Gasteiger partial charge in [-0.05, 0) is 12.8 Å². The monoisotopic (exact) mass is 208 g/mol. The first-order valence-corrected chi connectivity index (χ1v) is 4.96. The summed E-state index contributed by atoms with van der Waals surface area (Å²) < 4.78 is 5.26. The molecular formula is C10H12N2O3. The number of carboxylic acids is 1. The number of carbonyl (C=O) groups is 1. The molecule has 2 aliphatic rings. The largest absolute Gasteiger partial charge is 0.475 e. The van der Waals surface area contributed by atoms with Crippen LogP contribution >= 0.6 is 0 Å². The summed E-state index contributed by atoms with van der Waals surface area (Å²) in [5.74, 6) is -0.430. The summed E-state index contributed by atoms with van der Waals surface area (Å²) in [6.07, 6.45) is 2.25. The summed E-state index contributed by atoms with van der Waals surface area (Å²) >= 11 is 0. The second kappa shape index (κ2) is 2.48. The minimum Gasteiger partial charge on any atom is -0.475 e. The highest BCUT2D eigenvalue weighted by molar-refractivity contribution is 5.88. The molecule has 1 saturated carbocycles. The molecule has 0 aromatic carbocycles. The van der Waals surface area contributed by atoms with Crippen LogP contribution in [0.15, 0.2) is 10.5 Å². The van der Waals surface area contributed by atoms with E-state index in [0.717, 1.165) is 25.1 Å². The van der Waals surface area contributed by atoms with Gasteiger partial charge < -0.3 is 19.7 Å². The van der Waals surface area contributed by atoms with E-state index in [2.05, 4.69) is 10.2 Å². The van der Waals surface area contributed by atoms with Gasteiger partial charge in [0.15, 0.2) is 0 Å². The van der Waals surface area contributed by atoms with Crippen LogP contribution in [-0.4, -0.2) is 30.2 Å². The lowest BCUT2D eigenvalue weighted by atomic mass is 10.2. The van der Waals surface area contributed by atoms with Gasteiger partial charge in [0.1, 0.15) is 5.69 Å². The van der Waals surface area contributed by atoms with Gasteiger partial charge in [-0.15, -0.1) is 0 Å². The van der Waals surface area contributed by atoms with Gasteiger partial charge in [0.05, 0.1) is 5.54 Å². The maximum absolute atomic E-state index is 10.8. The van der Waals surface area contributed by atoms with Crippen molar-refractivity contribution in [1.29, 1.82) is 0 Å². The van der Waals surface area contributed by atoms with Gasteiger partial charge in [0, 0.05) is 19.7 Å². The number of likely N-dealkylation sites (N-methyl/N-ethyl adjacent to an activating group) is 1. The van der Waals surface area contributed by atoms with Crippen molar-refractivity contribution in [3.05, 3.63) is 11.8 Å². The number of hydrogen-bond donors (Lipinski definition) is 2. The summed E-state index contributed by atoms with van der Waals surface area (Å²) in [4.78, 5) is 12.8. The zero-order valence-corrected chi connectivity index (χ0v) is 8.41. The van der Waals surface area contributed by atoms with Crippen LogP contribution in [-0.2, 0) is 0 Å². The number of rotatable bonds is 1. The Kier molecular flexibility index (Phi) is 1.43. The SMILES string of the molecule is CN1CC2(CC2)Nc2oc(C(=O)O)cc21. The summed E-state index contributed by atoms with van der Waals surface area (Å²) in [5.41, 5.74) is 0.972. The van der Waals surface area contributed by atoms with Crippen molar-refractivity contribution in [2.75, 3.05) is 23.8 Å². The second-order valence-corrected chi connectivity index (χ2v) is 4.39. The molecule has 2 heterocycles. The molecule has 15 heavy (non-hydrogen) atoms. The molecule has 1 aliphatic heterocycles. The van der Waals surface area contributed by atoms with Crippen LogP contribution in [0, 0.1) is 0 Å². The van der Waals surface area contributed by atoms with Crippen molar-refractivity contribution in [3.63, 3.8) is 0 Å². The Morgan fingerprint density at radius 2 is 2.40 bits per heavy atom. The van der Waals surface area contributed by atoms with Crippen molar-refractivity contribution in [2.24, 2.45) is 0 Å². The lowest BCUT2D eigenvalue weighted by molar-refractivity contribution is 0.0663. The Labute approximate surface area is 86.7 Å². The third kappa shape index (κ3) is 1.19. The zero-order valence-electron chi connectivity index (χ0n) is 8.41. The molecule has 2 N–H and O–H groups in total. The summed E-state index contributed by atoms with van der Waals surface area (Å²) in [7, 11) is 1.96. The molecule has 0 radical (unpaired) electrons. The quantitative estimate of drug-likeness (QED) is 0.729. The third-order valence-corrected chi connectivity index (χ3v) is 3.11. The van der Waals surface area contributed by atoms with Gasteiger partial charge >= 0.3 is 5.97 Å². The Morgan fingerprint density at radius 1 is 1.67 bits per heavy atom. The number of anilines is 2. The number of fused-ring (bicyclic) bond motifs is 1. The summed E-state index contributed by atoms with van der Waals surface area (Å²) in [5, 5.41) is 12.1. The number of carboxylic acid groups (broad SMARTS) is 1. The summed E-state index contributed by atoms with van der Waals surface area (Å²) in [6, 6.07) is 1.57. The Morgan fingerprint density at radius 3 is 3.00 bits per heavy atom. The van der Waals surface area contributed by atoms with Crippen molar-refractivity contribution < 1.29 is 14.3 Å². The van der Waals surface area contributed by atoms with E-state index in [0.29, 0.717) is 5.88 Å². The van der Waals surface area contributed by atoms with E-state index in [4.69, 9.17) is 9.52 Å². The van der Waals surface area contributed by atoms with E-state index in [9.17, 15) is 4.79 Å². The molecule has 0 atom stereocenters. The van der Waals surface area contributed by atoms with Crippen molar-refractivity contribution in [1.82, 2.24) is 0 Å². The number of nitrogens with zero attached hydrogens (tertiary/aromatic N) is 1. The average Bonchev–Trinajstić information content (AvgIpc) is 2.76. The van der Waals surface area contributed by atoms with Crippen LogP contribution in [0.1, 0.15) is 23.4 Å². The van der Waals surface area contributed by atoms with Crippen LogP contribution in [0.5, 0.6) is 0 Å². The van der Waals surface area contributed by atoms with Crippen molar-refractivity contribution in [3.8, 4) is 0 Å². The first-order valence-electron chi connectivity index (χ1n) is 4.96. The molecule has 5 nitrogen and oxygen atoms in total. The smallest absolute Gasteiger partial charge is 0.371 e. The first-order chi connectivity index (χ1) is 7.10. The van der Waals surface area contributed by atoms with Gasteiger partial charge in [-0.2, -0.15) is 0 Å². The Balaban J connectivity index is 2.02. The Bertz CT molecular complexity index is 434. The van der Waals surface area contributed by atoms with Crippen LogP contribution in [0.2, 0.25) is 0 Å². The second-order valence-electron chi connectivity index (χ2n) is 4.39. The Hall–Kier alpha value is -1.65. The predicted octanol–water partition coefficient (Wildman–Crippen LogP) is 1.37. The van der Waals surface area contributed by atoms with Crippen molar-refractivity contribution >= 4 is 17.5 Å². The molecule has 1 spiro atoms. The van der Waals surface area contributed by atoms with Gasteiger partial charge in [-0.3, -0.25) is 0 Å². The molecule has 0 bridgehead atoms. The topological polar surface area (TPSA) is 65.7 Å². The molecule has 0 amide bonds. The fourth-order valence-corrected chi connectivity index (χ4v) is 2.11. The maximum atomic E-state index is 10.8. The third-order valence-electron chi connectivity index (χ3n) is 3.11. The van der Waals surface area contributed by atoms with Crippen LogP contribution in [0.3, 0.4) is 0 Å². The summed E-state index contributed by atoms with van der Waals surface area (Å²) in [6.45, 7) is 0.915. The fraction of sp³-hybridized carbons (Fsp3) is 0.500. The van der Waals surface area contributed by atoms with E-state index in [1.807, 2.05) is 7.05 Å². The van der Waals surface area contributed by atoms with Gasteiger partial charge in [-0.1, -0.05) is 0 Å². The molecule has 0 unspecified atom stereocenters. The number of aromatic carboxylic acids is 1. The van der Waals surface area contributed by atoms with Crippen molar-refractivity contribution in [2.45, 2.75) is 18.4 Å². The lowest BCUT2D eigenvalue weighted by Gasteiger charge is -2.31. The maximum Gasteiger partial charge on any atom is 0.371 e. The molecule has 5 heteroatoms. The number of furan rings is 1. The highest BCUT2D eigenvalue weighted by Crippen LogP contribution is 2.47. The molecule has 1 aromatic heterocycles. The van der Waals surface area contributed by atoms with E-state index < -0.39 is 5.97 Å². The average molecular weight is 208 g/mol. The number of nitrogens with one attached hydrogen (secondary N) is 1. The van der Waals surface area contributed by atoms with Gasteiger partial charge in [-0.25, -0.2) is 4.79 Å². The lowest BCUT2D eigenvalue weighted by Crippen LogP contribution is -2.40. The molecule has 80 valence electrons. The van der Waals surface area contributed by atoms with Crippen LogP contribution < -0.4 is 10.2 Å². The van der Waals surface area contributed by atoms with E-state index >= 15 is 0 Å². The molecule has 0 saturated heterocycles. The highest BCUT2D eigenvalue weighted by Gasteiger charge is 2.48. The number of hydrogen-bond acceptors (Lipinski definition) is 4. The van der Waals surface area contributed by atoms with E-state index in [1.165, 1.54) is 0 Å². The first kappa shape index (κ1) is 8.64. The highest BCUT2D eigenvalue weighted by atomic mass is 16.4. The molecule has 1 aliphatic carbocycles. The predicted molar refractivity (Wildman–Crippen MR) is 54.5 cm³/mol. The molecule has 1 fully saturated rings. The van der Waals surface area contributed by atoms with E-state index in [-0.39, 0.29) is 11.3 Å². The molecular weight excluding hydrogens is 196 g/mol. The standard InChI is InChI=1S/C10H12N2O3/c1-12-5-10(2-3-10)11-8-6(12)4-7(15-8)9(13)14/h4,11H,2-3,5H2,1H3,(H,13,14). The molecule has 3 rings (SSSR count). The van der Waals surface area contributed by atoms with Crippen LogP contribution in [0.25, 0.3) is 0 Å². The fourth-order valence-electron chi connectivity index (χ4n) is 2.11. The zero-order chi connectivity index (χ0) is 10.6. The normalized spacial score (nSPS) is 21.0. The minimum atomic E-state index is -1.02. The molecule has 1 aromatic rings. The van der Waals surface area contributed by atoms with Gasteiger partial charge in [0.2, 0.25) is 11.6 Å². The van der Waals surface area contributed by atoms with Gasteiger partial charge in [0.25, 0.3) is 0 Å². The van der Waals surface area contributed by atoms with E-state index in [1.54, 1.807) is 6.07 Å². The van der Waals surface area contributed by atoms with Crippen LogP contribution in [0.4, 0.5) is 11.6 Å².